The van der Waals surface area contributed by atoms with Gasteiger partial charge in [0, 0.05) is 26.2 Å². The fourth-order valence-electron chi connectivity index (χ4n) is 3.01. The minimum absolute atomic E-state index is 0.00538. The lowest BCUT2D eigenvalue weighted by Gasteiger charge is -2.21. The van der Waals surface area contributed by atoms with Gasteiger partial charge in [0.15, 0.2) is 0 Å². The van der Waals surface area contributed by atoms with E-state index >= 15 is 0 Å². The predicted molar refractivity (Wildman–Crippen MR) is 123 cm³/mol. The Bertz CT molecular complexity index is 386. The molecular weight excluding hydrogens is 364 g/mol. The Morgan fingerprint density at radius 1 is 0.793 bits per heavy atom. The van der Waals surface area contributed by atoms with E-state index in [9.17, 15) is 4.79 Å². The molecule has 0 rings (SSSR count). The number of hydrogen-bond acceptors (Lipinski definition) is 4. The van der Waals surface area contributed by atoms with Gasteiger partial charge in [-0.15, -0.1) is 6.58 Å². The Hall–Kier alpha value is -0.910. The van der Waals surface area contributed by atoms with Crippen molar-refractivity contribution in [1.82, 2.24) is 5.32 Å². The zero-order valence-electron chi connectivity index (χ0n) is 19.3. The van der Waals surface area contributed by atoms with E-state index in [0.29, 0.717) is 19.6 Å². The van der Waals surface area contributed by atoms with E-state index in [1.807, 2.05) is 13.8 Å². The third kappa shape index (κ3) is 21.6. The van der Waals surface area contributed by atoms with Crippen LogP contribution in [-0.2, 0) is 14.3 Å². The predicted octanol–water partition coefficient (Wildman–Crippen LogP) is 5.13. The molecule has 29 heavy (non-hydrogen) atoms. The normalized spacial score (nSPS) is 11.6. The molecule has 3 N–H and O–H groups in total. The van der Waals surface area contributed by atoms with E-state index < -0.39 is 0 Å². The number of ether oxygens (including phenoxy) is 2. The Kier molecular flexibility index (Phi) is 19.7. The molecule has 0 saturated heterocycles. The minimum Gasteiger partial charge on any atom is -0.381 e. The molecule has 0 radical (unpaired) electrons. The SMILES string of the molecule is C=CC(C)(C)NC(=O)CCOCCCCCOCCCCCCCCCCCN. The molecule has 0 unspecified atom stereocenters. The summed E-state index contributed by atoms with van der Waals surface area (Å²) in [5.74, 6) is 0.00538. The van der Waals surface area contributed by atoms with E-state index in [1.54, 1.807) is 6.08 Å². The van der Waals surface area contributed by atoms with Gasteiger partial charge < -0.3 is 20.5 Å². The van der Waals surface area contributed by atoms with Gasteiger partial charge in [0.05, 0.1) is 12.1 Å². The lowest BCUT2D eigenvalue weighted by molar-refractivity contribution is -0.123. The topological polar surface area (TPSA) is 73.6 Å². The van der Waals surface area contributed by atoms with Crippen molar-refractivity contribution in [2.24, 2.45) is 5.73 Å². The summed E-state index contributed by atoms with van der Waals surface area (Å²) in [6, 6.07) is 0. The summed E-state index contributed by atoms with van der Waals surface area (Å²) in [4.78, 5) is 11.7. The van der Waals surface area contributed by atoms with Crippen LogP contribution in [-0.4, -0.2) is 44.4 Å². The summed E-state index contributed by atoms with van der Waals surface area (Å²) in [5.41, 5.74) is 5.14. The highest BCUT2D eigenvalue weighted by molar-refractivity contribution is 5.77. The van der Waals surface area contributed by atoms with Crippen molar-refractivity contribution in [3.63, 3.8) is 0 Å². The van der Waals surface area contributed by atoms with Crippen LogP contribution in [0.25, 0.3) is 0 Å². The molecule has 0 heterocycles. The first-order valence-corrected chi connectivity index (χ1v) is 11.8. The minimum atomic E-state index is -0.360. The zero-order valence-corrected chi connectivity index (χ0v) is 19.3. The lowest BCUT2D eigenvalue weighted by Crippen LogP contribution is -2.41. The summed E-state index contributed by atoms with van der Waals surface area (Å²) in [5, 5.41) is 2.91. The molecular formula is C24H48N2O3. The van der Waals surface area contributed by atoms with Crippen LogP contribution in [0.1, 0.15) is 97.3 Å². The van der Waals surface area contributed by atoms with Crippen molar-refractivity contribution in [3.05, 3.63) is 12.7 Å². The average molecular weight is 413 g/mol. The smallest absolute Gasteiger partial charge is 0.222 e. The van der Waals surface area contributed by atoms with Gasteiger partial charge >= 0.3 is 0 Å². The summed E-state index contributed by atoms with van der Waals surface area (Å²) in [6.45, 7) is 11.3. The maximum Gasteiger partial charge on any atom is 0.222 e. The second-order valence-corrected chi connectivity index (χ2v) is 8.48. The monoisotopic (exact) mass is 412 g/mol. The quantitative estimate of drug-likeness (QED) is 0.191. The molecule has 5 nitrogen and oxygen atoms in total. The Balaban J connectivity index is 3.17. The third-order valence-corrected chi connectivity index (χ3v) is 5.02. The molecule has 0 spiro atoms. The number of hydrogen-bond donors (Lipinski definition) is 2. The van der Waals surface area contributed by atoms with Gasteiger partial charge in [-0.1, -0.05) is 51.0 Å². The first-order valence-electron chi connectivity index (χ1n) is 11.8. The van der Waals surface area contributed by atoms with E-state index in [2.05, 4.69) is 11.9 Å². The number of nitrogens with two attached hydrogens (primary N) is 1. The van der Waals surface area contributed by atoms with E-state index in [-0.39, 0.29) is 11.4 Å². The van der Waals surface area contributed by atoms with Gasteiger partial charge in [-0.2, -0.15) is 0 Å². The summed E-state index contributed by atoms with van der Waals surface area (Å²) in [6.07, 6.45) is 17.1. The van der Waals surface area contributed by atoms with Crippen LogP contribution in [0.5, 0.6) is 0 Å². The van der Waals surface area contributed by atoms with Crippen molar-refractivity contribution in [2.45, 2.75) is 103 Å². The molecule has 0 atom stereocenters. The highest BCUT2D eigenvalue weighted by atomic mass is 16.5. The Labute approximate surface area is 180 Å². The summed E-state index contributed by atoms with van der Waals surface area (Å²) in [7, 11) is 0. The van der Waals surface area contributed by atoms with Crippen molar-refractivity contribution in [1.29, 1.82) is 0 Å². The Morgan fingerprint density at radius 2 is 1.21 bits per heavy atom. The molecule has 1 amide bonds. The van der Waals surface area contributed by atoms with Gasteiger partial charge in [-0.25, -0.2) is 0 Å². The van der Waals surface area contributed by atoms with Gasteiger partial charge in [-0.3, -0.25) is 4.79 Å². The number of unbranched alkanes of at least 4 members (excludes halogenated alkanes) is 10. The third-order valence-electron chi connectivity index (χ3n) is 5.02. The molecule has 0 bridgehead atoms. The van der Waals surface area contributed by atoms with Crippen molar-refractivity contribution in [2.75, 3.05) is 33.0 Å². The first-order chi connectivity index (χ1) is 14.0. The van der Waals surface area contributed by atoms with Crippen molar-refractivity contribution in [3.8, 4) is 0 Å². The number of carbonyl (C=O) groups is 1. The van der Waals surface area contributed by atoms with Gasteiger partial charge in [0.1, 0.15) is 0 Å². The fraction of sp³-hybridized carbons (Fsp3) is 0.875. The van der Waals surface area contributed by atoms with Gasteiger partial charge in [0.25, 0.3) is 0 Å². The molecule has 0 fully saturated rings. The van der Waals surface area contributed by atoms with Crippen molar-refractivity contribution < 1.29 is 14.3 Å². The molecule has 0 aliphatic rings. The van der Waals surface area contributed by atoms with Crippen molar-refractivity contribution >= 4 is 5.91 Å². The number of nitrogens with one attached hydrogen (secondary N) is 1. The van der Waals surface area contributed by atoms with Crippen LogP contribution in [0.15, 0.2) is 12.7 Å². The van der Waals surface area contributed by atoms with Gasteiger partial charge in [0.2, 0.25) is 5.91 Å². The fourth-order valence-corrected chi connectivity index (χ4v) is 3.01. The van der Waals surface area contributed by atoms with Crippen LogP contribution < -0.4 is 11.1 Å². The molecule has 0 aliphatic carbocycles. The maximum absolute atomic E-state index is 11.7. The van der Waals surface area contributed by atoms with Crippen LogP contribution >= 0.6 is 0 Å². The highest BCUT2D eigenvalue weighted by Gasteiger charge is 2.15. The molecule has 172 valence electrons. The molecule has 0 saturated carbocycles. The van der Waals surface area contributed by atoms with Crippen LogP contribution in [0, 0.1) is 0 Å². The maximum atomic E-state index is 11.7. The zero-order chi connectivity index (χ0) is 21.6. The summed E-state index contributed by atoms with van der Waals surface area (Å²) >= 11 is 0. The van der Waals surface area contributed by atoms with Crippen LogP contribution in [0.3, 0.4) is 0 Å². The molecule has 0 aromatic heterocycles. The first kappa shape index (κ1) is 28.1. The van der Waals surface area contributed by atoms with Crippen LogP contribution in [0.4, 0.5) is 0 Å². The molecule has 0 aliphatic heterocycles. The summed E-state index contributed by atoms with van der Waals surface area (Å²) < 4.78 is 11.2. The van der Waals surface area contributed by atoms with Gasteiger partial charge in [-0.05, 0) is 52.5 Å². The second kappa shape index (κ2) is 20.4. The van der Waals surface area contributed by atoms with E-state index in [4.69, 9.17) is 15.2 Å². The number of rotatable bonds is 22. The molecule has 0 aromatic rings. The standard InChI is InChI=1S/C24H48N2O3/c1-4-24(2,3)26-23(27)17-22-29-21-16-12-15-20-28-19-14-11-9-7-5-6-8-10-13-18-25/h4H,1,5-22,25H2,2-3H3,(H,26,27). The average Bonchev–Trinajstić information content (AvgIpc) is 2.69. The lowest BCUT2D eigenvalue weighted by atomic mass is 10.1. The number of carbonyl (C=O) groups excluding carboxylic acids is 1. The van der Waals surface area contributed by atoms with Crippen LogP contribution in [0.2, 0.25) is 0 Å². The van der Waals surface area contributed by atoms with E-state index in [1.165, 1.54) is 57.8 Å². The second-order valence-electron chi connectivity index (χ2n) is 8.48. The largest absolute Gasteiger partial charge is 0.381 e. The number of amides is 1. The highest BCUT2D eigenvalue weighted by Crippen LogP contribution is 2.09. The molecule has 0 aromatic carbocycles. The van der Waals surface area contributed by atoms with E-state index in [0.717, 1.165) is 39.0 Å². The molecule has 5 heteroatoms. The Morgan fingerprint density at radius 3 is 1.69 bits per heavy atom.